The van der Waals surface area contributed by atoms with E-state index in [4.69, 9.17) is 11.6 Å². The molecule has 2 rings (SSSR count). The van der Waals surface area contributed by atoms with Crippen molar-refractivity contribution >= 4 is 23.7 Å². The first kappa shape index (κ1) is 15.1. The summed E-state index contributed by atoms with van der Waals surface area (Å²) >= 11 is 6.01. The van der Waals surface area contributed by atoms with Gasteiger partial charge < -0.3 is 5.11 Å². The van der Waals surface area contributed by atoms with E-state index < -0.39 is 5.91 Å². The minimum absolute atomic E-state index is 0.104. The summed E-state index contributed by atoms with van der Waals surface area (Å²) in [5.74, 6) is -0.296. The van der Waals surface area contributed by atoms with Gasteiger partial charge in [0.05, 0.1) is 16.8 Å². The molecule has 0 heterocycles. The molecule has 0 spiro atoms. The molecule has 0 aromatic heterocycles. The fourth-order valence-electron chi connectivity index (χ4n) is 1.80. The largest absolute Gasteiger partial charge is 0.507 e. The van der Waals surface area contributed by atoms with Gasteiger partial charge in [0, 0.05) is 5.56 Å². The van der Waals surface area contributed by atoms with Crippen LogP contribution in [0.25, 0.3) is 0 Å². The second-order valence-electron chi connectivity index (χ2n) is 4.74. The van der Waals surface area contributed by atoms with Crippen LogP contribution in [-0.4, -0.2) is 17.2 Å². The van der Waals surface area contributed by atoms with E-state index in [1.807, 2.05) is 13.8 Å². The highest BCUT2D eigenvalue weighted by molar-refractivity contribution is 6.33. The van der Waals surface area contributed by atoms with E-state index in [9.17, 15) is 9.90 Å². The lowest BCUT2D eigenvalue weighted by atomic mass is 10.1. The summed E-state index contributed by atoms with van der Waals surface area (Å²) in [6, 6.07) is 10.3. The summed E-state index contributed by atoms with van der Waals surface area (Å²) in [5, 5.41) is 13.9. The van der Waals surface area contributed by atoms with Gasteiger partial charge >= 0.3 is 0 Å². The molecule has 2 aromatic rings. The van der Waals surface area contributed by atoms with Crippen molar-refractivity contribution < 1.29 is 9.90 Å². The van der Waals surface area contributed by atoms with Crippen LogP contribution in [0.2, 0.25) is 5.02 Å². The Kier molecular flexibility index (Phi) is 4.60. The van der Waals surface area contributed by atoms with Gasteiger partial charge in [0.15, 0.2) is 0 Å². The standard InChI is InChI=1S/C16H15ClN2O2/c1-10-4-6-15(20)12(7-10)9-18-19-16(21)13-5-3-11(2)8-14(13)17/h3-9,20H,1-2H3,(H,19,21). The van der Waals surface area contributed by atoms with Crippen molar-refractivity contribution in [1.82, 2.24) is 5.43 Å². The van der Waals surface area contributed by atoms with Gasteiger partial charge in [-0.15, -0.1) is 0 Å². The van der Waals surface area contributed by atoms with E-state index in [-0.39, 0.29) is 5.75 Å². The smallest absolute Gasteiger partial charge is 0.272 e. The van der Waals surface area contributed by atoms with E-state index in [2.05, 4.69) is 10.5 Å². The lowest BCUT2D eigenvalue weighted by molar-refractivity contribution is 0.0955. The third kappa shape index (κ3) is 3.83. The average Bonchev–Trinajstić information content (AvgIpc) is 2.42. The topological polar surface area (TPSA) is 61.7 Å². The molecule has 0 aliphatic carbocycles. The molecule has 4 nitrogen and oxygen atoms in total. The molecule has 21 heavy (non-hydrogen) atoms. The maximum atomic E-state index is 11.9. The highest BCUT2D eigenvalue weighted by Gasteiger charge is 2.09. The molecule has 0 aliphatic rings. The summed E-state index contributed by atoms with van der Waals surface area (Å²) in [4.78, 5) is 11.9. The molecular weight excluding hydrogens is 288 g/mol. The van der Waals surface area contributed by atoms with Crippen LogP contribution >= 0.6 is 11.6 Å². The van der Waals surface area contributed by atoms with Crippen LogP contribution in [0.15, 0.2) is 41.5 Å². The zero-order chi connectivity index (χ0) is 15.4. The number of hydrogen-bond acceptors (Lipinski definition) is 3. The molecule has 5 heteroatoms. The molecule has 0 fully saturated rings. The zero-order valence-electron chi connectivity index (χ0n) is 11.7. The summed E-state index contributed by atoms with van der Waals surface area (Å²) in [6.45, 7) is 3.80. The van der Waals surface area contributed by atoms with Crippen LogP contribution in [0, 0.1) is 13.8 Å². The van der Waals surface area contributed by atoms with E-state index in [1.165, 1.54) is 6.21 Å². The Balaban J connectivity index is 2.10. The minimum atomic E-state index is -0.400. The minimum Gasteiger partial charge on any atom is -0.507 e. The lowest BCUT2D eigenvalue weighted by Gasteiger charge is -2.04. The molecule has 0 radical (unpaired) electrons. The molecule has 0 unspecified atom stereocenters. The number of nitrogens with zero attached hydrogens (tertiary/aromatic N) is 1. The zero-order valence-corrected chi connectivity index (χ0v) is 12.5. The highest BCUT2D eigenvalue weighted by Crippen LogP contribution is 2.18. The lowest BCUT2D eigenvalue weighted by Crippen LogP contribution is -2.18. The van der Waals surface area contributed by atoms with Crippen molar-refractivity contribution in [1.29, 1.82) is 0 Å². The number of rotatable bonds is 3. The van der Waals surface area contributed by atoms with Crippen molar-refractivity contribution in [2.45, 2.75) is 13.8 Å². The molecule has 0 saturated carbocycles. The number of hydrazone groups is 1. The van der Waals surface area contributed by atoms with Crippen LogP contribution in [0.3, 0.4) is 0 Å². The maximum Gasteiger partial charge on any atom is 0.272 e. The van der Waals surface area contributed by atoms with Gasteiger partial charge in [-0.3, -0.25) is 4.79 Å². The number of hydrogen-bond donors (Lipinski definition) is 2. The molecule has 1 amide bonds. The van der Waals surface area contributed by atoms with Gasteiger partial charge in [-0.25, -0.2) is 5.43 Å². The number of carbonyl (C=O) groups is 1. The summed E-state index contributed by atoms with van der Waals surface area (Å²) in [7, 11) is 0. The van der Waals surface area contributed by atoms with Crippen molar-refractivity contribution in [3.8, 4) is 5.75 Å². The Labute approximate surface area is 128 Å². The first-order chi connectivity index (χ1) is 9.97. The van der Waals surface area contributed by atoms with Crippen LogP contribution < -0.4 is 5.43 Å². The Bertz CT molecular complexity index is 711. The van der Waals surface area contributed by atoms with Crippen molar-refractivity contribution in [2.75, 3.05) is 0 Å². The SMILES string of the molecule is Cc1ccc(C(=O)NN=Cc2cc(C)ccc2O)c(Cl)c1. The Morgan fingerprint density at radius 2 is 1.86 bits per heavy atom. The first-order valence-corrected chi connectivity index (χ1v) is 6.74. The number of halogens is 1. The Morgan fingerprint density at radius 1 is 1.19 bits per heavy atom. The van der Waals surface area contributed by atoms with Gasteiger partial charge in [0.25, 0.3) is 5.91 Å². The monoisotopic (exact) mass is 302 g/mol. The highest BCUT2D eigenvalue weighted by atomic mass is 35.5. The molecule has 0 atom stereocenters. The number of benzene rings is 2. The van der Waals surface area contributed by atoms with Gasteiger partial charge in [0.2, 0.25) is 0 Å². The summed E-state index contributed by atoms with van der Waals surface area (Å²) in [6.07, 6.45) is 1.39. The predicted molar refractivity (Wildman–Crippen MR) is 84.1 cm³/mol. The fraction of sp³-hybridized carbons (Fsp3) is 0.125. The molecule has 0 bridgehead atoms. The Morgan fingerprint density at radius 3 is 2.57 bits per heavy atom. The van der Waals surface area contributed by atoms with Crippen LogP contribution in [0.1, 0.15) is 27.0 Å². The molecule has 108 valence electrons. The van der Waals surface area contributed by atoms with Crippen molar-refractivity contribution in [3.63, 3.8) is 0 Å². The number of nitrogens with one attached hydrogen (secondary N) is 1. The summed E-state index contributed by atoms with van der Waals surface area (Å²) in [5.41, 5.74) is 5.24. The number of aromatic hydroxyl groups is 1. The Hall–Kier alpha value is -2.33. The van der Waals surface area contributed by atoms with Crippen LogP contribution in [0.5, 0.6) is 5.75 Å². The van der Waals surface area contributed by atoms with Crippen molar-refractivity contribution in [2.24, 2.45) is 5.10 Å². The van der Waals surface area contributed by atoms with E-state index >= 15 is 0 Å². The van der Waals surface area contributed by atoms with E-state index in [1.54, 1.807) is 36.4 Å². The molecule has 2 N–H and O–H groups in total. The summed E-state index contributed by atoms with van der Waals surface area (Å²) < 4.78 is 0. The normalized spacial score (nSPS) is 10.8. The van der Waals surface area contributed by atoms with Crippen molar-refractivity contribution in [3.05, 3.63) is 63.7 Å². The molecule has 2 aromatic carbocycles. The maximum absolute atomic E-state index is 11.9. The van der Waals surface area contributed by atoms with Gasteiger partial charge in [-0.1, -0.05) is 29.3 Å². The third-order valence-corrected chi connectivity index (χ3v) is 3.23. The number of phenolic OH excluding ortho intramolecular Hbond substituents is 1. The second kappa shape index (κ2) is 6.41. The third-order valence-electron chi connectivity index (χ3n) is 2.92. The number of amides is 1. The van der Waals surface area contributed by atoms with E-state index in [0.29, 0.717) is 16.1 Å². The van der Waals surface area contributed by atoms with Gasteiger partial charge in [0.1, 0.15) is 5.75 Å². The number of carbonyl (C=O) groups excluding carboxylic acids is 1. The van der Waals surface area contributed by atoms with Crippen LogP contribution in [-0.2, 0) is 0 Å². The molecule has 0 saturated heterocycles. The average molecular weight is 303 g/mol. The second-order valence-corrected chi connectivity index (χ2v) is 5.15. The van der Waals surface area contributed by atoms with Crippen LogP contribution in [0.4, 0.5) is 0 Å². The van der Waals surface area contributed by atoms with E-state index in [0.717, 1.165) is 11.1 Å². The quantitative estimate of drug-likeness (QED) is 0.674. The number of phenols is 1. The molecular formula is C16H15ClN2O2. The predicted octanol–water partition coefficient (Wildman–Crippen LogP) is 3.43. The van der Waals surface area contributed by atoms with Gasteiger partial charge in [-0.05, 0) is 43.7 Å². The first-order valence-electron chi connectivity index (χ1n) is 6.36. The molecule has 0 aliphatic heterocycles. The van der Waals surface area contributed by atoms with Gasteiger partial charge in [-0.2, -0.15) is 5.10 Å². The number of aryl methyl sites for hydroxylation is 2. The fourth-order valence-corrected chi connectivity index (χ4v) is 2.12.